The van der Waals surface area contributed by atoms with E-state index in [1.165, 1.54) is 0 Å². The third-order valence-corrected chi connectivity index (χ3v) is 4.56. The van der Waals surface area contributed by atoms with Gasteiger partial charge in [-0.1, -0.05) is 48.6 Å². The Bertz CT molecular complexity index is 556. The summed E-state index contributed by atoms with van der Waals surface area (Å²) in [6, 6.07) is 10.0. The lowest BCUT2D eigenvalue weighted by molar-refractivity contribution is -0.137. The zero-order chi connectivity index (χ0) is 14.2. The number of benzene rings is 1. The molecule has 20 heavy (non-hydrogen) atoms. The monoisotopic (exact) mass is 286 g/mol. The molecule has 0 bridgehead atoms. The molecule has 0 unspecified atom stereocenters. The fraction of sp³-hybridized carbons (Fsp3) is 0.118. The molecule has 0 radical (unpaired) electrons. The standard InChI is InChI=1S/C17H18O2S/c1-2-19-17(18)14-16(20-12-6-7-13-20)11-10-15-8-4-3-5-9-15/h3-14,20H,2H2,1H3. The molecule has 2 nitrogen and oxygen atoms in total. The lowest BCUT2D eigenvalue weighted by Gasteiger charge is -2.11. The molecular formula is C17H18O2S. The molecule has 1 aliphatic heterocycles. The molecular weight excluding hydrogens is 268 g/mol. The third-order valence-electron chi connectivity index (χ3n) is 2.70. The Morgan fingerprint density at radius 2 is 1.90 bits per heavy atom. The Kier molecular flexibility index (Phi) is 5.44. The second kappa shape index (κ2) is 7.56. The van der Waals surface area contributed by atoms with Gasteiger partial charge in [0.25, 0.3) is 0 Å². The van der Waals surface area contributed by atoms with E-state index in [-0.39, 0.29) is 5.97 Å². The SMILES string of the molecule is CCOC(=O)C=C(C=Cc1ccccc1)[SH]1C=CC=C1. The van der Waals surface area contributed by atoms with Crippen molar-refractivity contribution < 1.29 is 9.53 Å². The minimum atomic E-state index is -0.536. The van der Waals surface area contributed by atoms with Crippen LogP contribution >= 0.6 is 10.9 Å². The molecule has 0 saturated carbocycles. The molecule has 0 saturated heterocycles. The van der Waals surface area contributed by atoms with Gasteiger partial charge in [-0.3, -0.25) is 0 Å². The first-order valence-corrected chi connectivity index (χ1v) is 8.02. The number of hydrogen-bond acceptors (Lipinski definition) is 2. The van der Waals surface area contributed by atoms with E-state index in [4.69, 9.17) is 4.74 Å². The molecule has 1 aliphatic rings. The van der Waals surface area contributed by atoms with Crippen molar-refractivity contribution >= 4 is 22.9 Å². The van der Waals surface area contributed by atoms with Crippen molar-refractivity contribution in [1.82, 2.24) is 0 Å². The summed E-state index contributed by atoms with van der Waals surface area (Å²) < 4.78 is 5.00. The van der Waals surface area contributed by atoms with Crippen LogP contribution in [0.5, 0.6) is 0 Å². The van der Waals surface area contributed by atoms with Crippen molar-refractivity contribution in [3.05, 3.63) is 75.9 Å². The van der Waals surface area contributed by atoms with Gasteiger partial charge in [0.15, 0.2) is 0 Å². The van der Waals surface area contributed by atoms with Crippen LogP contribution in [0.25, 0.3) is 6.08 Å². The van der Waals surface area contributed by atoms with Crippen LogP contribution in [0.15, 0.2) is 70.4 Å². The summed E-state index contributed by atoms with van der Waals surface area (Å²) in [4.78, 5) is 12.6. The maximum absolute atomic E-state index is 11.7. The highest BCUT2D eigenvalue weighted by Gasteiger charge is 2.07. The molecule has 0 atom stereocenters. The van der Waals surface area contributed by atoms with Gasteiger partial charge in [-0.05, 0) is 29.4 Å². The largest absolute Gasteiger partial charge is 0.463 e. The minimum absolute atomic E-state index is 0.281. The van der Waals surface area contributed by atoms with Crippen molar-refractivity contribution in [2.45, 2.75) is 6.92 Å². The second-order valence-electron chi connectivity index (χ2n) is 4.16. The maximum atomic E-state index is 11.7. The van der Waals surface area contributed by atoms with Gasteiger partial charge >= 0.3 is 5.97 Å². The minimum Gasteiger partial charge on any atom is -0.463 e. The van der Waals surface area contributed by atoms with E-state index in [0.29, 0.717) is 6.61 Å². The average molecular weight is 286 g/mol. The van der Waals surface area contributed by atoms with E-state index < -0.39 is 10.9 Å². The summed E-state index contributed by atoms with van der Waals surface area (Å²) in [6.45, 7) is 2.21. The lowest BCUT2D eigenvalue weighted by atomic mass is 10.2. The third kappa shape index (κ3) is 4.28. The number of hydrogen-bond donors (Lipinski definition) is 1. The Labute approximate surface area is 122 Å². The Hall–Kier alpha value is -2.00. The molecule has 104 valence electrons. The Balaban J connectivity index is 2.18. The van der Waals surface area contributed by atoms with Crippen molar-refractivity contribution in [1.29, 1.82) is 0 Å². The number of ether oxygens (including phenoxy) is 1. The van der Waals surface area contributed by atoms with E-state index in [9.17, 15) is 4.79 Å². The highest BCUT2D eigenvalue weighted by Crippen LogP contribution is 2.42. The fourth-order valence-electron chi connectivity index (χ4n) is 1.77. The molecule has 0 amide bonds. The van der Waals surface area contributed by atoms with Crippen LogP contribution in [0.2, 0.25) is 0 Å². The molecule has 3 heteroatoms. The molecule has 1 heterocycles. The molecule has 1 aromatic carbocycles. The van der Waals surface area contributed by atoms with Crippen LogP contribution < -0.4 is 0 Å². The number of thiol groups is 1. The molecule has 0 aliphatic carbocycles. The van der Waals surface area contributed by atoms with Gasteiger partial charge in [0.1, 0.15) is 0 Å². The summed E-state index contributed by atoms with van der Waals surface area (Å²) in [5.41, 5.74) is 1.12. The normalized spacial score (nSPS) is 16.1. The molecule has 0 N–H and O–H groups in total. The van der Waals surface area contributed by atoms with Crippen LogP contribution in [0, 0.1) is 0 Å². The first-order valence-electron chi connectivity index (χ1n) is 6.54. The maximum Gasteiger partial charge on any atom is 0.331 e. The van der Waals surface area contributed by atoms with E-state index in [1.807, 2.05) is 61.6 Å². The topological polar surface area (TPSA) is 26.3 Å². The van der Waals surface area contributed by atoms with Crippen molar-refractivity contribution in [3.8, 4) is 0 Å². The number of carbonyl (C=O) groups excluding carboxylic acids is 1. The summed E-state index contributed by atoms with van der Waals surface area (Å²) in [5.74, 6) is -0.281. The zero-order valence-electron chi connectivity index (χ0n) is 11.4. The number of rotatable bonds is 5. The highest BCUT2D eigenvalue weighted by atomic mass is 32.2. The number of carbonyl (C=O) groups is 1. The highest BCUT2D eigenvalue weighted by molar-refractivity contribution is 8.25. The quantitative estimate of drug-likeness (QED) is 0.380. The van der Waals surface area contributed by atoms with Crippen LogP contribution in [0.4, 0.5) is 0 Å². The Morgan fingerprint density at radius 1 is 1.20 bits per heavy atom. The van der Waals surface area contributed by atoms with E-state index in [2.05, 4.69) is 10.8 Å². The van der Waals surface area contributed by atoms with Gasteiger partial charge in [0, 0.05) is 11.0 Å². The first kappa shape index (κ1) is 14.4. The van der Waals surface area contributed by atoms with E-state index in [1.54, 1.807) is 6.08 Å². The molecule has 1 aromatic rings. The first-order chi connectivity index (χ1) is 9.79. The van der Waals surface area contributed by atoms with Crippen LogP contribution in [0.3, 0.4) is 0 Å². The summed E-state index contributed by atoms with van der Waals surface area (Å²) >= 11 is 0. The van der Waals surface area contributed by atoms with Gasteiger partial charge < -0.3 is 4.74 Å². The van der Waals surface area contributed by atoms with Crippen LogP contribution in [-0.2, 0) is 9.53 Å². The smallest absolute Gasteiger partial charge is 0.331 e. The summed E-state index contributed by atoms with van der Waals surface area (Å²) in [5, 5.41) is 4.24. The van der Waals surface area contributed by atoms with Crippen molar-refractivity contribution in [3.63, 3.8) is 0 Å². The van der Waals surface area contributed by atoms with Crippen LogP contribution in [-0.4, -0.2) is 12.6 Å². The van der Waals surface area contributed by atoms with Crippen LogP contribution in [0.1, 0.15) is 12.5 Å². The number of esters is 1. The van der Waals surface area contributed by atoms with Gasteiger partial charge in [-0.2, -0.15) is 10.9 Å². The predicted molar refractivity (Wildman–Crippen MR) is 87.5 cm³/mol. The predicted octanol–water partition coefficient (Wildman–Crippen LogP) is 4.19. The van der Waals surface area contributed by atoms with Gasteiger partial charge in [0.05, 0.1) is 6.61 Å². The van der Waals surface area contributed by atoms with E-state index in [0.717, 1.165) is 10.5 Å². The fourth-order valence-corrected chi connectivity index (χ4v) is 3.28. The molecule has 0 fully saturated rings. The number of allylic oxidation sites excluding steroid dienone is 3. The van der Waals surface area contributed by atoms with E-state index >= 15 is 0 Å². The second-order valence-corrected chi connectivity index (χ2v) is 6.08. The molecule has 2 rings (SSSR count). The van der Waals surface area contributed by atoms with Gasteiger partial charge in [-0.25, -0.2) is 4.79 Å². The van der Waals surface area contributed by atoms with Gasteiger partial charge in [-0.15, -0.1) is 0 Å². The van der Waals surface area contributed by atoms with Gasteiger partial charge in [0.2, 0.25) is 0 Å². The summed E-state index contributed by atoms with van der Waals surface area (Å²) in [7, 11) is -0.536. The van der Waals surface area contributed by atoms with Crippen molar-refractivity contribution in [2.24, 2.45) is 0 Å². The molecule has 0 spiro atoms. The Morgan fingerprint density at radius 3 is 2.55 bits per heavy atom. The van der Waals surface area contributed by atoms with Crippen molar-refractivity contribution in [2.75, 3.05) is 6.61 Å². The lowest BCUT2D eigenvalue weighted by Crippen LogP contribution is -2.00. The molecule has 0 aromatic heterocycles. The zero-order valence-corrected chi connectivity index (χ0v) is 12.3. The summed E-state index contributed by atoms with van der Waals surface area (Å²) in [6.07, 6.45) is 9.64. The average Bonchev–Trinajstić information content (AvgIpc) is 2.99.